The van der Waals surface area contributed by atoms with Gasteiger partial charge in [0.15, 0.2) is 0 Å². The largest absolute Gasteiger partial charge is 0.497 e. The Morgan fingerprint density at radius 2 is 0.773 bits per heavy atom. The number of ether oxygens (including phenoxy) is 6. The van der Waals surface area contributed by atoms with E-state index in [-0.39, 0.29) is 0 Å². The van der Waals surface area contributed by atoms with Crippen molar-refractivity contribution < 1.29 is 28.4 Å². The summed E-state index contributed by atoms with van der Waals surface area (Å²) in [5, 5.41) is 0. The lowest BCUT2D eigenvalue weighted by Crippen LogP contribution is -2.51. The second-order valence-corrected chi connectivity index (χ2v) is 13.0. The van der Waals surface area contributed by atoms with Crippen LogP contribution >= 0.6 is 8.37 Å². The van der Waals surface area contributed by atoms with Crippen LogP contribution in [0.25, 0.3) is 0 Å². The Morgan fingerprint density at radius 3 is 1.05 bits per heavy atom. The molecule has 3 aromatic carbocycles. The first-order chi connectivity index (χ1) is 21.5. The zero-order chi connectivity index (χ0) is 31.1. The topological polar surface area (TPSA) is 68.3 Å². The monoisotopic (exact) mass is 624 g/mol. The first kappa shape index (κ1) is 32.1. The summed E-state index contributed by atoms with van der Waals surface area (Å²) in [6.45, 7) is 8.13. The summed E-state index contributed by atoms with van der Waals surface area (Å²) in [7, 11) is 9.32. The Kier molecular flexibility index (Phi) is 11.1. The Hall–Kier alpha value is -3.27. The SMILES string of the molecule is COc1ccc(CN2CCN3CCN(Cc4ccc(OC)cc4OC)P2N(Cc2ccc(OC)cc2OC)CC3)c(OC)c1. The van der Waals surface area contributed by atoms with Crippen LogP contribution in [0.2, 0.25) is 0 Å². The molecule has 0 spiro atoms. The molecule has 0 radical (unpaired) electrons. The maximum atomic E-state index is 5.84. The minimum Gasteiger partial charge on any atom is -0.497 e. The Morgan fingerprint density at radius 1 is 0.455 bits per heavy atom. The summed E-state index contributed by atoms with van der Waals surface area (Å²) in [5.74, 6) is 4.86. The van der Waals surface area contributed by atoms with Crippen LogP contribution in [0.1, 0.15) is 16.7 Å². The molecule has 3 aliphatic rings. The lowest BCUT2D eigenvalue weighted by Gasteiger charge is -2.50. The van der Waals surface area contributed by atoms with Crippen LogP contribution in [-0.2, 0) is 19.6 Å². The van der Waals surface area contributed by atoms with Gasteiger partial charge in [0.1, 0.15) is 42.9 Å². The molecule has 0 aliphatic carbocycles. The molecule has 0 amide bonds. The van der Waals surface area contributed by atoms with Gasteiger partial charge in [-0.15, -0.1) is 0 Å². The van der Waals surface area contributed by atoms with Crippen LogP contribution in [0, 0.1) is 0 Å². The third-order valence-electron chi connectivity index (χ3n) is 8.32. The molecular formula is C33H45N4O6P. The molecule has 3 aromatic rings. The fourth-order valence-electron chi connectivity index (χ4n) is 5.88. The fourth-order valence-corrected chi connectivity index (χ4v) is 8.59. The average Bonchev–Trinajstić information content (AvgIpc) is 3.05. The van der Waals surface area contributed by atoms with E-state index in [1.807, 2.05) is 36.4 Å². The van der Waals surface area contributed by atoms with Crippen LogP contribution in [-0.4, -0.2) is 101 Å². The predicted octanol–water partition coefficient (Wildman–Crippen LogP) is 5.10. The maximum absolute atomic E-state index is 5.84. The molecule has 0 saturated carbocycles. The average molecular weight is 625 g/mol. The van der Waals surface area contributed by atoms with E-state index < -0.39 is 8.37 Å². The summed E-state index contributed by atoms with van der Waals surface area (Å²) < 4.78 is 41.9. The van der Waals surface area contributed by atoms with E-state index in [0.717, 1.165) is 110 Å². The zero-order valence-corrected chi connectivity index (χ0v) is 27.6. The van der Waals surface area contributed by atoms with Gasteiger partial charge in [-0.3, -0.25) is 18.9 Å². The second-order valence-electron chi connectivity index (χ2n) is 10.8. The van der Waals surface area contributed by atoms with Crippen molar-refractivity contribution in [3.63, 3.8) is 0 Å². The molecular weight excluding hydrogens is 579 g/mol. The first-order valence-corrected chi connectivity index (χ1v) is 16.1. The molecule has 0 atom stereocenters. The lowest BCUT2D eigenvalue weighted by molar-refractivity contribution is 0.158. The second kappa shape index (κ2) is 15.1. The summed E-state index contributed by atoms with van der Waals surface area (Å²) in [4.78, 5) is 2.58. The molecule has 3 saturated heterocycles. The van der Waals surface area contributed by atoms with Crippen molar-refractivity contribution in [1.29, 1.82) is 0 Å². The van der Waals surface area contributed by atoms with Crippen molar-refractivity contribution >= 4 is 8.37 Å². The highest BCUT2D eigenvalue weighted by Crippen LogP contribution is 2.53. The molecule has 6 rings (SSSR count). The van der Waals surface area contributed by atoms with Crippen LogP contribution in [0.5, 0.6) is 34.5 Å². The Labute approximate surface area is 262 Å². The third-order valence-corrected chi connectivity index (χ3v) is 10.9. The van der Waals surface area contributed by atoms with Gasteiger partial charge in [0.05, 0.1) is 42.7 Å². The van der Waals surface area contributed by atoms with Crippen molar-refractivity contribution in [3.05, 3.63) is 71.3 Å². The van der Waals surface area contributed by atoms with Crippen LogP contribution in [0.4, 0.5) is 0 Å². The van der Waals surface area contributed by atoms with Gasteiger partial charge in [-0.25, -0.2) is 0 Å². The van der Waals surface area contributed by atoms with Crippen molar-refractivity contribution in [2.75, 3.05) is 81.9 Å². The molecule has 0 unspecified atom stereocenters. The van der Waals surface area contributed by atoms with Crippen molar-refractivity contribution in [2.45, 2.75) is 19.6 Å². The highest BCUT2D eigenvalue weighted by molar-refractivity contribution is 7.50. The zero-order valence-electron chi connectivity index (χ0n) is 26.7. The van der Waals surface area contributed by atoms with Gasteiger partial charge in [0, 0.05) is 93.8 Å². The van der Waals surface area contributed by atoms with E-state index in [4.69, 9.17) is 28.4 Å². The van der Waals surface area contributed by atoms with E-state index in [1.54, 1.807) is 42.7 Å². The quantitative estimate of drug-likeness (QED) is 0.254. The van der Waals surface area contributed by atoms with Gasteiger partial charge >= 0.3 is 0 Å². The smallest absolute Gasteiger partial charge is 0.127 e. The van der Waals surface area contributed by atoms with Gasteiger partial charge in [-0.1, -0.05) is 18.2 Å². The fraction of sp³-hybridized carbons (Fsp3) is 0.455. The van der Waals surface area contributed by atoms with E-state index in [2.05, 4.69) is 37.1 Å². The van der Waals surface area contributed by atoms with Crippen LogP contribution < -0.4 is 28.4 Å². The number of fused-ring (bicyclic) bond motifs is 6. The standard InChI is InChI=1S/C33H45N4O6P/c1-38-28-10-7-25(31(19-28)41-4)22-35-16-13-34-14-17-36(23-26-8-11-29(39-2)20-32(26)42-5)44(35)37(18-15-34)24-27-9-12-30(40-3)21-33(27)43-6/h7-12,19-21H,13-18,22-24H2,1-6H3. The third kappa shape index (κ3) is 7.33. The van der Waals surface area contributed by atoms with Gasteiger partial charge < -0.3 is 28.4 Å². The highest BCUT2D eigenvalue weighted by Gasteiger charge is 2.37. The van der Waals surface area contributed by atoms with Crippen LogP contribution in [0.3, 0.4) is 0 Å². The Bertz CT molecular complexity index is 1230. The number of methoxy groups -OCH3 is 6. The molecule has 238 valence electrons. The minimum atomic E-state index is -0.912. The minimum absolute atomic E-state index is 0.749. The van der Waals surface area contributed by atoms with E-state index in [9.17, 15) is 0 Å². The molecule has 0 aromatic heterocycles. The number of hydrogen-bond donors (Lipinski definition) is 0. The predicted molar refractivity (Wildman–Crippen MR) is 173 cm³/mol. The van der Waals surface area contributed by atoms with Crippen molar-refractivity contribution in [2.24, 2.45) is 0 Å². The summed E-state index contributed by atoms with van der Waals surface area (Å²) in [6, 6.07) is 18.3. The summed E-state index contributed by atoms with van der Waals surface area (Å²) in [5.41, 5.74) is 3.41. The van der Waals surface area contributed by atoms with E-state index in [1.165, 1.54) is 0 Å². The van der Waals surface area contributed by atoms with Gasteiger partial charge in [0.25, 0.3) is 0 Å². The molecule has 3 fully saturated rings. The molecule has 11 heteroatoms. The van der Waals surface area contributed by atoms with E-state index >= 15 is 0 Å². The highest BCUT2D eigenvalue weighted by atomic mass is 31.2. The maximum Gasteiger partial charge on any atom is 0.127 e. The summed E-state index contributed by atoms with van der Waals surface area (Å²) >= 11 is 0. The Balaban J connectivity index is 1.55. The number of hydrogen-bond acceptors (Lipinski definition) is 10. The number of nitrogens with zero attached hydrogens (tertiary/aromatic N) is 4. The summed E-state index contributed by atoms with van der Waals surface area (Å²) in [6.07, 6.45) is 0. The van der Waals surface area contributed by atoms with Crippen molar-refractivity contribution in [1.82, 2.24) is 18.9 Å². The first-order valence-electron chi connectivity index (χ1n) is 14.9. The molecule has 2 bridgehead atoms. The van der Waals surface area contributed by atoms with Gasteiger partial charge in [-0.2, -0.15) is 0 Å². The number of benzene rings is 3. The van der Waals surface area contributed by atoms with Gasteiger partial charge in [0.2, 0.25) is 0 Å². The van der Waals surface area contributed by atoms with E-state index in [0.29, 0.717) is 0 Å². The molecule has 0 N–H and O–H groups in total. The molecule has 3 aliphatic heterocycles. The molecule has 10 nitrogen and oxygen atoms in total. The molecule has 3 heterocycles. The van der Waals surface area contributed by atoms with Crippen molar-refractivity contribution in [3.8, 4) is 34.5 Å². The van der Waals surface area contributed by atoms with Crippen LogP contribution in [0.15, 0.2) is 54.6 Å². The normalized spacial score (nSPS) is 19.5. The lowest BCUT2D eigenvalue weighted by atomic mass is 10.2. The van der Waals surface area contributed by atoms with Gasteiger partial charge in [-0.05, 0) is 18.2 Å². The number of rotatable bonds is 12. The molecule has 44 heavy (non-hydrogen) atoms.